The van der Waals surface area contributed by atoms with Crippen LogP contribution in [0.25, 0.3) is 22.4 Å². The van der Waals surface area contributed by atoms with E-state index in [1.54, 1.807) is 24.4 Å². The first-order valence-electron chi connectivity index (χ1n) is 10.0. The van der Waals surface area contributed by atoms with Crippen molar-refractivity contribution in [1.29, 1.82) is 0 Å². The lowest BCUT2D eigenvalue weighted by atomic mass is 10.1. The standard InChI is InChI=1S/C22H18N4O6S/c27-19(24-16(21(28)29)7-13-9-23-15-4-2-1-3-14(13)15)10-33-22-26-25-20(32-22)12-5-6-17-18(8-12)31-11-30-17/h1-6,8-9,16,23H,7,10-11H2,(H,24,27)(H,28,29)/t16-/m1/s1. The number of H-pyrrole nitrogens is 1. The Labute approximate surface area is 191 Å². The summed E-state index contributed by atoms with van der Waals surface area (Å²) in [6.07, 6.45) is 1.92. The van der Waals surface area contributed by atoms with Gasteiger partial charge < -0.3 is 29.3 Å². The molecule has 2 aromatic carbocycles. The summed E-state index contributed by atoms with van der Waals surface area (Å²) in [6, 6.07) is 11.8. The number of carbonyl (C=O) groups is 2. The summed E-state index contributed by atoms with van der Waals surface area (Å²) in [5.41, 5.74) is 2.39. The summed E-state index contributed by atoms with van der Waals surface area (Å²) in [5, 5.41) is 21.2. The highest BCUT2D eigenvalue weighted by Crippen LogP contribution is 2.36. The molecule has 0 saturated carbocycles. The van der Waals surface area contributed by atoms with Crippen LogP contribution in [0.2, 0.25) is 0 Å². The first-order valence-corrected chi connectivity index (χ1v) is 11.0. The summed E-state index contributed by atoms with van der Waals surface area (Å²) < 4.78 is 16.2. The Morgan fingerprint density at radius 3 is 2.88 bits per heavy atom. The number of carboxylic acids is 1. The molecule has 5 rings (SSSR count). The highest BCUT2D eigenvalue weighted by Gasteiger charge is 2.23. The van der Waals surface area contributed by atoms with E-state index >= 15 is 0 Å². The maximum absolute atomic E-state index is 12.4. The number of aromatic amines is 1. The summed E-state index contributed by atoms with van der Waals surface area (Å²) in [6.45, 7) is 0.163. The van der Waals surface area contributed by atoms with Gasteiger partial charge in [-0.3, -0.25) is 4.79 Å². The van der Waals surface area contributed by atoms with Crippen LogP contribution in [-0.4, -0.2) is 50.8 Å². The van der Waals surface area contributed by atoms with Crippen molar-refractivity contribution in [3.8, 4) is 23.0 Å². The number of benzene rings is 2. The predicted octanol–water partition coefficient (Wildman–Crippen LogP) is 2.85. The van der Waals surface area contributed by atoms with E-state index in [0.717, 1.165) is 28.2 Å². The van der Waals surface area contributed by atoms with Crippen LogP contribution in [0.1, 0.15) is 5.56 Å². The molecule has 0 unspecified atom stereocenters. The number of hydrogen-bond acceptors (Lipinski definition) is 8. The van der Waals surface area contributed by atoms with E-state index in [-0.39, 0.29) is 30.1 Å². The van der Waals surface area contributed by atoms with E-state index in [4.69, 9.17) is 13.9 Å². The normalized spacial score (nSPS) is 13.2. The summed E-state index contributed by atoms with van der Waals surface area (Å²) in [5.74, 6) is -0.115. The first kappa shape index (κ1) is 20.9. The Morgan fingerprint density at radius 1 is 1.15 bits per heavy atom. The molecule has 0 radical (unpaired) electrons. The monoisotopic (exact) mass is 466 g/mol. The van der Waals surface area contributed by atoms with Gasteiger partial charge >= 0.3 is 5.97 Å². The van der Waals surface area contributed by atoms with Gasteiger partial charge in [-0.25, -0.2) is 4.79 Å². The number of rotatable bonds is 8. The lowest BCUT2D eigenvalue weighted by Gasteiger charge is -2.13. The average molecular weight is 466 g/mol. The van der Waals surface area contributed by atoms with Gasteiger partial charge in [0.2, 0.25) is 18.6 Å². The van der Waals surface area contributed by atoms with E-state index in [0.29, 0.717) is 17.1 Å². The zero-order chi connectivity index (χ0) is 22.8. The number of aliphatic carboxylic acids is 1. The number of thioether (sulfide) groups is 1. The van der Waals surface area contributed by atoms with Crippen LogP contribution < -0.4 is 14.8 Å². The van der Waals surface area contributed by atoms with E-state index in [2.05, 4.69) is 20.5 Å². The molecule has 3 N–H and O–H groups in total. The number of ether oxygens (including phenoxy) is 2. The van der Waals surface area contributed by atoms with Crippen LogP contribution >= 0.6 is 11.8 Å². The molecule has 11 heteroatoms. The fourth-order valence-corrected chi connectivity index (χ4v) is 4.07. The molecule has 1 atom stereocenters. The topological polar surface area (TPSA) is 140 Å². The van der Waals surface area contributed by atoms with Crippen LogP contribution in [0.3, 0.4) is 0 Å². The second kappa shape index (κ2) is 8.87. The minimum Gasteiger partial charge on any atom is -0.480 e. The molecule has 1 amide bonds. The van der Waals surface area contributed by atoms with Crippen molar-refractivity contribution in [3.63, 3.8) is 0 Å². The van der Waals surface area contributed by atoms with Gasteiger partial charge in [0.25, 0.3) is 5.22 Å². The number of amides is 1. The predicted molar refractivity (Wildman–Crippen MR) is 118 cm³/mol. The Kier molecular flexibility index (Phi) is 5.61. The van der Waals surface area contributed by atoms with Crippen LogP contribution in [-0.2, 0) is 16.0 Å². The van der Waals surface area contributed by atoms with Crippen LogP contribution in [0.15, 0.2) is 58.3 Å². The number of para-hydroxylation sites is 1. The molecule has 0 fully saturated rings. The maximum atomic E-state index is 12.4. The molecule has 2 aromatic heterocycles. The number of aromatic nitrogens is 3. The van der Waals surface area contributed by atoms with E-state index in [1.807, 2.05) is 24.3 Å². The SMILES string of the molecule is O=C(CSc1nnc(-c2ccc3c(c2)OCO3)o1)N[C@H](Cc1c[nH]c2ccccc12)C(=O)O. The highest BCUT2D eigenvalue weighted by atomic mass is 32.2. The number of nitrogens with zero attached hydrogens (tertiary/aromatic N) is 2. The van der Waals surface area contributed by atoms with Crippen molar-refractivity contribution in [2.24, 2.45) is 0 Å². The minimum absolute atomic E-state index is 0.0690. The largest absolute Gasteiger partial charge is 0.480 e. The number of fused-ring (bicyclic) bond motifs is 2. The van der Waals surface area contributed by atoms with Crippen molar-refractivity contribution in [2.75, 3.05) is 12.5 Å². The minimum atomic E-state index is -1.11. The molecule has 33 heavy (non-hydrogen) atoms. The molecule has 1 aliphatic rings. The molecule has 4 aromatic rings. The maximum Gasteiger partial charge on any atom is 0.326 e. The van der Waals surface area contributed by atoms with Crippen molar-refractivity contribution in [1.82, 2.24) is 20.5 Å². The van der Waals surface area contributed by atoms with Gasteiger partial charge in [-0.2, -0.15) is 0 Å². The van der Waals surface area contributed by atoms with Gasteiger partial charge in [0.15, 0.2) is 11.5 Å². The molecule has 0 aliphatic carbocycles. The number of hydrogen-bond donors (Lipinski definition) is 3. The second-order valence-electron chi connectivity index (χ2n) is 7.25. The van der Waals surface area contributed by atoms with Crippen LogP contribution in [0.5, 0.6) is 11.5 Å². The van der Waals surface area contributed by atoms with Crippen molar-refractivity contribution < 1.29 is 28.6 Å². The zero-order valence-electron chi connectivity index (χ0n) is 17.1. The molecule has 0 bridgehead atoms. The lowest BCUT2D eigenvalue weighted by molar-refractivity contribution is -0.141. The van der Waals surface area contributed by atoms with Crippen molar-refractivity contribution in [3.05, 3.63) is 54.2 Å². The first-order chi connectivity index (χ1) is 16.1. The Morgan fingerprint density at radius 2 is 2.00 bits per heavy atom. The third-order valence-corrected chi connectivity index (χ3v) is 5.90. The summed E-state index contributed by atoms with van der Waals surface area (Å²) in [4.78, 5) is 27.2. The van der Waals surface area contributed by atoms with Gasteiger partial charge in [0.05, 0.1) is 5.75 Å². The number of carbonyl (C=O) groups excluding carboxylic acids is 1. The van der Waals surface area contributed by atoms with Crippen LogP contribution in [0, 0.1) is 0 Å². The van der Waals surface area contributed by atoms with Crippen LogP contribution in [0.4, 0.5) is 0 Å². The van der Waals surface area contributed by atoms with E-state index in [9.17, 15) is 14.7 Å². The molecule has 168 valence electrons. The highest BCUT2D eigenvalue weighted by molar-refractivity contribution is 7.99. The third-order valence-electron chi connectivity index (χ3n) is 5.08. The van der Waals surface area contributed by atoms with Gasteiger partial charge in [-0.1, -0.05) is 30.0 Å². The van der Waals surface area contributed by atoms with Gasteiger partial charge in [0, 0.05) is 29.1 Å². The van der Waals surface area contributed by atoms with Crippen molar-refractivity contribution >= 4 is 34.5 Å². The van der Waals surface area contributed by atoms with Gasteiger partial charge in [-0.05, 0) is 29.8 Å². The third kappa shape index (κ3) is 4.48. The average Bonchev–Trinajstić information content (AvgIpc) is 3.56. The number of nitrogens with one attached hydrogen (secondary N) is 2. The van der Waals surface area contributed by atoms with Gasteiger partial charge in [0.1, 0.15) is 6.04 Å². The second-order valence-corrected chi connectivity index (χ2v) is 8.18. The van der Waals surface area contributed by atoms with Crippen molar-refractivity contribution in [2.45, 2.75) is 17.7 Å². The molecule has 1 aliphatic heterocycles. The Bertz CT molecular complexity index is 1330. The molecule has 0 saturated heterocycles. The molecular weight excluding hydrogens is 448 g/mol. The fourth-order valence-electron chi connectivity index (χ4n) is 3.50. The smallest absolute Gasteiger partial charge is 0.326 e. The van der Waals surface area contributed by atoms with Gasteiger partial charge in [-0.15, -0.1) is 10.2 Å². The lowest BCUT2D eigenvalue weighted by Crippen LogP contribution is -2.43. The molecule has 0 spiro atoms. The summed E-state index contributed by atoms with van der Waals surface area (Å²) >= 11 is 1.03. The molecular formula is C22H18N4O6S. The van der Waals surface area contributed by atoms with E-state index < -0.39 is 17.9 Å². The van der Waals surface area contributed by atoms with E-state index in [1.165, 1.54) is 0 Å². The number of carboxylic acid groups (broad SMARTS) is 1. The summed E-state index contributed by atoms with van der Waals surface area (Å²) in [7, 11) is 0. The quantitative estimate of drug-likeness (QED) is 0.334. The Balaban J connectivity index is 1.19. The fraction of sp³-hybridized carbons (Fsp3) is 0.182. The molecule has 3 heterocycles. The molecule has 10 nitrogen and oxygen atoms in total. The zero-order valence-corrected chi connectivity index (χ0v) is 17.9. The Hall–Kier alpha value is -3.99.